The molecule has 0 aromatic heterocycles. The van der Waals surface area contributed by atoms with E-state index in [1.54, 1.807) is 6.08 Å². The van der Waals surface area contributed by atoms with Gasteiger partial charge in [-0.1, -0.05) is 65.6 Å². The fraction of sp³-hybridized carbons (Fsp3) is 0.500. The minimum atomic E-state index is -0.715. The van der Waals surface area contributed by atoms with E-state index in [9.17, 15) is 9.59 Å². The Hall–Kier alpha value is -0.940. The lowest BCUT2D eigenvalue weighted by Crippen LogP contribution is -2.51. The van der Waals surface area contributed by atoms with Crippen molar-refractivity contribution in [1.29, 1.82) is 0 Å². The number of carbonyl (C=O) groups is 2. The summed E-state index contributed by atoms with van der Waals surface area (Å²) in [6, 6.07) is 2.18. The Morgan fingerprint density at radius 1 is 1.20 bits per heavy atom. The highest BCUT2D eigenvalue weighted by Crippen LogP contribution is 2.64. The second kappa shape index (κ2) is 5.29. The molecule has 2 aliphatic carbocycles. The Bertz CT molecular complexity index is 855. The van der Waals surface area contributed by atoms with Crippen LogP contribution in [0.1, 0.15) is 50.3 Å². The summed E-state index contributed by atoms with van der Waals surface area (Å²) in [5.41, 5.74) is 2.61. The van der Waals surface area contributed by atoms with E-state index in [1.807, 2.05) is 6.08 Å². The molecule has 4 atom stereocenters. The second-order valence-corrected chi connectivity index (χ2v) is 9.62. The van der Waals surface area contributed by atoms with Gasteiger partial charge in [0.1, 0.15) is 0 Å². The summed E-state index contributed by atoms with van der Waals surface area (Å²) in [6.07, 6.45) is 3.72. The summed E-state index contributed by atoms with van der Waals surface area (Å²) >= 11 is 7.50. The van der Waals surface area contributed by atoms with Crippen molar-refractivity contribution in [2.24, 2.45) is 11.3 Å². The van der Waals surface area contributed by atoms with Crippen LogP contribution in [0, 0.1) is 11.3 Å². The third-order valence-corrected chi connectivity index (χ3v) is 8.37. The predicted octanol–water partition coefficient (Wildman–Crippen LogP) is 4.84. The molecule has 1 aromatic carbocycles. The van der Waals surface area contributed by atoms with Gasteiger partial charge in [0.05, 0.1) is 5.92 Å². The molecule has 0 saturated carbocycles. The van der Waals surface area contributed by atoms with E-state index in [1.165, 1.54) is 5.56 Å². The molecule has 3 nitrogen and oxygen atoms in total. The number of halogens is 2. The molecular formula is C20H20Br2O3. The molecule has 4 unspecified atom stereocenters. The van der Waals surface area contributed by atoms with Crippen molar-refractivity contribution >= 4 is 43.6 Å². The standard InChI is InChI=1S/C20H20Br2O3/c1-5-9-11(21)8-10-13(16(9)22)14-15-18(24)25-17(14)12(23)6-7-20(15,4)19(10,2)3/h6-8,14-15,17H,5H2,1-4H3. The number of ketones is 1. The molecule has 4 bridgehead atoms. The molecule has 1 aromatic rings. The Labute approximate surface area is 164 Å². The normalized spacial score (nSPS) is 34.6. The maximum absolute atomic E-state index is 12.8. The molecule has 25 heavy (non-hydrogen) atoms. The summed E-state index contributed by atoms with van der Waals surface area (Å²) in [5.74, 6) is -0.941. The minimum absolute atomic E-state index is 0.110. The van der Waals surface area contributed by atoms with Gasteiger partial charge in [0, 0.05) is 20.3 Å². The number of carbonyl (C=O) groups excluding carboxylic acids is 2. The molecule has 3 aliphatic rings. The highest BCUT2D eigenvalue weighted by molar-refractivity contribution is 9.11. The van der Waals surface area contributed by atoms with Crippen LogP contribution in [0.25, 0.3) is 0 Å². The number of allylic oxidation sites excluding steroid dienone is 1. The van der Waals surface area contributed by atoms with Crippen LogP contribution in [-0.2, 0) is 26.2 Å². The van der Waals surface area contributed by atoms with Crippen molar-refractivity contribution < 1.29 is 14.3 Å². The fourth-order valence-electron chi connectivity index (χ4n) is 4.95. The second-order valence-electron chi connectivity index (χ2n) is 7.97. The predicted molar refractivity (Wildman–Crippen MR) is 103 cm³/mol. The van der Waals surface area contributed by atoms with Crippen molar-refractivity contribution in [3.63, 3.8) is 0 Å². The third-order valence-electron chi connectivity index (χ3n) is 6.76. The first-order chi connectivity index (χ1) is 11.6. The molecule has 1 saturated heterocycles. The van der Waals surface area contributed by atoms with Crippen molar-refractivity contribution in [3.8, 4) is 0 Å². The van der Waals surface area contributed by atoms with Crippen LogP contribution in [0.4, 0.5) is 0 Å². The molecule has 5 heteroatoms. The molecule has 1 fully saturated rings. The van der Waals surface area contributed by atoms with Gasteiger partial charge in [0.2, 0.25) is 0 Å². The SMILES string of the molecule is CCc1c(Br)cc2c(c1Br)C1C3OC(=O)C1C(C)(C=CC3=O)C2(C)C. The molecule has 1 aliphatic heterocycles. The number of ether oxygens (including phenoxy) is 1. The Morgan fingerprint density at radius 3 is 2.52 bits per heavy atom. The molecule has 0 N–H and O–H groups in total. The van der Waals surface area contributed by atoms with Crippen LogP contribution >= 0.6 is 31.9 Å². The van der Waals surface area contributed by atoms with E-state index in [0.717, 1.165) is 26.5 Å². The lowest BCUT2D eigenvalue weighted by Gasteiger charge is -2.52. The zero-order valence-corrected chi connectivity index (χ0v) is 17.8. The Kier molecular flexibility index (Phi) is 3.70. The number of hydrogen-bond donors (Lipinski definition) is 0. The maximum Gasteiger partial charge on any atom is 0.311 e. The van der Waals surface area contributed by atoms with Gasteiger partial charge in [-0.2, -0.15) is 0 Å². The smallest absolute Gasteiger partial charge is 0.311 e. The monoisotopic (exact) mass is 466 g/mol. The molecule has 4 rings (SSSR count). The van der Waals surface area contributed by atoms with E-state index < -0.39 is 11.5 Å². The van der Waals surface area contributed by atoms with Crippen LogP contribution in [0.15, 0.2) is 27.2 Å². The zero-order valence-electron chi connectivity index (χ0n) is 14.7. The van der Waals surface area contributed by atoms with Crippen LogP contribution in [0.3, 0.4) is 0 Å². The topological polar surface area (TPSA) is 43.4 Å². The van der Waals surface area contributed by atoms with Gasteiger partial charge in [-0.25, -0.2) is 0 Å². The van der Waals surface area contributed by atoms with Gasteiger partial charge >= 0.3 is 5.97 Å². The fourth-order valence-corrected chi connectivity index (χ4v) is 6.89. The van der Waals surface area contributed by atoms with Crippen LogP contribution in [-0.4, -0.2) is 17.9 Å². The van der Waals surface area contributed by atoms with Crippen molar-refractivity contribution in [3.05, 3.63) is 43.9 Å². The van der Waals surface area contributed by atoms with Crippen LogP contribution in [0.2, 0.25) is 0 Å². The first-order valence-corrected chi connectivity index (χ1v) is 10.2. The van der Waals surface area contributed by atoms with E-state index in [4.69, 9.17) is 4.74 Å². The number of benzene rings is 1. The minimum Gasteiger partial charge on any atom is -0.453 e. The van der Waals surface area contributed by atoms with Gasteiger partial charge in [0.15, 0.2) is 11.9 Å². The average molecular weight is 468 g/mol. The quantitative estimate of drug-likeness (QED) is 0.555. The maximum atomic E-state index is 12.8. The van der Waals surface area contributed by atoms with Gasteiger partial charge in [-0.15, -0.1) is 0 Å². The average Bonchev–Trinajstić information content (AvgIpc) is 2.84. The summed E-state index contributed by atoms with van der Waals surface area (Å²) < 4.78 is 7.66. The first-order valence-electron chi connectivity index (χ1n) is 8.60. The number of fused-ring (bicyclic) bond motifs is 1. The zero-order chi connectivity index (χ0) is 18.3. The number of esters is 1. The summed E-state index contributed by atoms with van der Waals surface area (Å²) in [4.78, 5) is 25.4. The lowest BCUT2D eigenvalue weighted by atomic mass is 9.49. The van der Waals surface area contributed by atoms with Crippen LogP contribution < -0.4 is 0 Å². The van der Waals surface area contributed by atoms with E-state index in [0.29, 0.717) is 0 Å². The van der Waals surface area contributed by atoms with Gasteiger partial charge in [-0.3, -0.25) is 9.59 Å². The molecular weight excluding hydrogens is 448 g/mol. The molecule has 0 amide bonds. The highest BCUT2D eigenvalue weighted by Gasteiger charge is 2.65. The summed E-state index contributed by atoms with van der Waals surface area (Å²) in [6.45, 7) is 8.51. The first kappa shape index (κ1) is 17.5. The molecule has 0 spiro atoms. The van der Waals surface area contributed by atoms with Crippen molar-refractivity contribution in [2.75, 3.05) is 0 Å². The highest BCUT2D eigenvalue weighted by atomic mass is 79.9. The van der Waals surface area contributed by atoms with Gasteiger partial charge < -0.3 is 4.74 Å². The third kappa shape index (κ3) is 1.97. The van der Waals surface area contributed by atoms with E-state index in [-0.39, 0.29) is 29.0 Å². The van der Waals surface area contributed by atoms with Gasteiger partial charge in [-0.05, 0) is 40.7 Å². The molecule has 0 radical (unpaired) electrons. The van der Waals surface area contributed by atoms with E-state index in [2.05, 4.69) is 65.6 Å². The van der Waals surface area contributed by atoms with Crippen molar-refractivity contribution in [2.45, 2.75) is 51.6 Å². The number of hydrogen-bond acceptors (Lipinski definition) is 3. The molecule has 132 valence electrons. The van der Waals surface area contributed by atoms with Crippen LogP contribution in [0.5, 0.6) is 0 Å². The Balaban J connectivity index is 2.14. The largest absolute Gasteiger partial charge is 0.453 e. The molecule has 1 heterocycles. The summed E-state index contributed by atoms with van der Waals surface area (Å²) in [7, 11) is 0. The van der Waals surface area contributed by atoms with Crippen molar-refractivity contribution in [1.82, 2.24) is 0 Å². The lowest BCUT2D eigenvalue weighted by molar-refractivity contribution is -0.150. The number of rotatable bonds is 1. The Morgan fingerprint density at radius 2 is 1.88 bits per heavy atom. The van der Waals surface area contributed by atoms with E-state index >= 15 is 0 Å². The van der Waals surface area contributed by atoms with Gasteiger partial charge in [0.25, 0.3) is 0 Å². The summed E-state index contributed by atoms with van der Waals surface area (Å²) in [5, 5.41) is 0.